The largest absolute Gasteiger partial charge is 0.300 e. The third-order valence-electron chi connectivity index (χ3n) is 8.18. The number of hydrogen-bond acceptors (Lipinski definition) is 3. The van der Waals surface area contributed by atoms with Crippen molar-refractivity contribution in [3.63, 3.8) is 0 Å². The van der Waals surface area contributed by atoms with E-state index in [9.17, 15) is 9.59 Å². The van der Waals surface area contributed by atoms with Crippen molar-refractivity contribution < 1.29 is 9.59 Å². The maximum atomic E-state index is 12.9. The molecule has 5 heteroatoms. The number of hydrogen-bond donors (Lipinski definition) is 0. The molecule has 2 saturated carbocycles. The normalized spacial score (nSPS) is 32.1. The first kappa shape index (κ1) is 20.9. The fourth-order valence-electron chi connectivity index (χ4n) is 6.65. The number of benzene rings is 1. The van der Waals surface area contributed by atoms with Crippen LogP contribution in [0.3, 0.4) is 0 Å². The lowest BCUT2D eigenvalue weighted by Gasteiger charge is -2.48. The van der Waals surface area contributed by atoms with E-state index in [4.69, 9.17) is 0 Å². The lowest BCUT2D eigenvalue weighted by atomic mass is 9.69. The van der Waals surface area contributed by atoms with Gasteiger partial charge in [0, 0.05) is 24.8 Å². The van der Waals surface area contributed by atoms with Crippen LogP contribution in [-0.2, 0) is 9.59 Å². The van der Waals surface area contributed by atoms with Crippen LogP contribution in [0.5, 0.6) is 0 Å². The monoisotopic (exact) mass is 416 g/mol. The van der Waals surface area contributed by atoms with E-state index < -0.39 is 5.54 Å². The summed E-state index contributed by atoms with van der Waals surface area (Å²) < 4.78 is 0. The molecule has 5 rings (SSSR count). The van der Waals surface area contributed by atoms with Crippen molar-refractivity contribution in [1.82, 2.24) is 4.90 Å². The van der Waals surface area contributed by atoms with Crippen molar-refractivity contribution in [3.8, 4) is 0 Å². The van der Waals surface area contributed by atoms with Gasteiger partial charge < -0.3 is 4.90 Å². The molecule has 1 aromatic rings. The Morgan fingerprint density at radius 2 is 1.55 bits per heavy atom. The molecule has 158 valence electrons. The summed E-state index contributed by atoms with van der Waals surface area (Å²) in [7, 11) is 0. The van der Waals surface area contributed by atoms with E-state index >= 15 is 0 Å². The topological polar surface area (TPSA) is 40.6 Å². The Bertz CT molecular complexity index is 745. The second-order valence-electron chi connectivity index (χ2n) is 9.50. The molecule has 3 unspecified atom stereocenters. The summed E-state index contributed by atoms with van der Waals surface area (Å²) in [5, 5.41) is 0. The zero-order chi connectivity index (χ0) is 19.1. The SMILES string of the molecule is Cl.O=C1CC(=O)C2(CCN(C3CCC4CCCCC4C3)CC2)N1c1ccccc1. The number of carbonyl (C=O) groups is 2. The van der Waals surface area contributed by atoms with Gasteiger partial charge in [0.1, 0.15) is 5.54 Å². The number of anilines is 1. The van der Waals surface area contributed by atoms with Gasteiger partial charge in [-0.1, -0.05) is 43.9 Å². The molecule has 1 aromatic carbocycles. The van der Waals surface area contributed by atoms with Gasteiger partial charge >= 0.3 is 0 Å². The number of nitrogens with zero attached hydrogens (tertiary/aromatic N) is 2. The first-order chi connectivity index (χ1) is 13.7. The van der Waals surface area contributed by atoms with Crippen molar-refractivity contribution in [3.05, 3.63) is 30.3 Å². The molecular weight excluding hydrogens is 384 g/mol. The highest BCUT2D eigenvalue weighted by atomic mass is 35.5. The number of likely N-dealkylation sites (tertiary alicyclic amines) is 1. The standard InChI is InChI=1S/C24H32N2O2.ClH/c27-22-17-23(28)26(20-8-2-1-3-9-20)24(22)12-14-25(15-13-24)21-11-10-18-6-4-5-7-19(18)16-21;/h1-3,8-9,18-19,21H,4-7,10-17H2;1H. The van der Waals surface area contributed by atoms with E-state index in [1.807, 2.05) is 35.2 Å². The van der Waals surface area contributed by atoms with Crippen LogP contribution in [0.4, 0.5) is 5.69 Å². The van der Waals surface area contributed by atoms with E-state index in [2.05, 4.69) is 4.90 Å². The molecule has 4 aliphatic rings. The zero-order valence-electron chi connectivity index (χ0n) is 17.2. The number of amides is 1. The maximum Gasteiger partial charge on any atom is 0.235 e. The Morgan fingerprint density at radius 1 is 0.862 bits per heavy atom. The molecule has 0 radical (unpaired) electrons. The zero-order valence-corrected chi connectivity index (χ0v) is 18.0. The molecule has 2 aliphatic carbocycles. The molecule has 2 heterocycles. The molecule has 0 bridgehead atoms. The molecule has 1 amide bonds. The Hall–Kier alpha value is -1.39. The van der Waals surface area contributed by atoms with Crippen LogP contribution in [0.15, 0.2) is 30.3 Å². The van der Waals surface area contributed by atoms with Crippen LogP contribution in [-0.4, -0.2) is 41.3 Å². The molecule has 2 saturated heterocycles. The Balaban J connectivity index is 0.00000205. The third-order valence-corrected chi connectivity index (χ3v) is 8.18. The average molecular weight is 417 g/mol. The number of Topliss-reactive ketones (excluding diaryl/α,β-unsaturated/α-hetero) is 1. The number of para-hydroxylation sites is 1. The van der Waals surface area contributed by atoms with Gasteiger partial charge in [0.05, 0.1) is 6.42 Å². The third kappa shape index (κ3) is 3.63. The molecule has 4 nitrogen and oxygen atoms in total. The predicted molar refractivity (Wildman–Crippen MR) is 117 cm³/mol. The van der Waals surface area contributed by atoms with Crippen molar-refractivity contribution in [2.24, 2.45) is 11.8 Å². The van der Waals surface area contributed by atoms with Crippen LogP contribution < -0.4 is 4.90 Å². The van der Waals surface area contributed by atoms with Gasteiger partial charge in [0.25, 0.3) is 0 Å². The van der Waals surface area contributed by atoms with Crippen molar-refractivity contribution in [2.45, 2.75) is 75.8 Å². The number of rotatable bonds is 2. The minimum atomic E-state index is -0.600. The minimum Gasteiger partial charge on any atom is -0.300 e. The van der Waals surface area contributed by atoms with Gasteiger partial charge in [-0.25, -0.2) is 0 Å². The van der Waals surface area contributed by atoms with E-state index in [1.165, 1.54) is 44.9 Å². The number of piperidine rings is 1. The molecule has 0 N–H and O–H groups in total. The van der Waals surface area contributed by atoms with Gasteiger partial charge in [0.15, 0.2) is 5.78 Å². The van der Waals surface area contributed by atoms with Gasteiger partial charge in [-0.15, -0.1) is 12.4 Å². The summed E-state index contributed by atoms with van der Waals surface area (Å²) >= 11 is 0. The summed E-state index contributed by atoms with van der Waals surface area (Å²) in [4.78, 5) is 30.1. The van der Waals surface area contributed by atoms with E-state index in [0.717, 1.165) is 43.5 Å². The lowest BCUT2D eigenvalue weighted by molar-refractivity contribution is -0.124. The molecule has 29 heavy (non-hydrogen) atoms. The summed E-state index contributed by atoms with van der Waals surface area (Å²) in [5.74, 6) is 2.02. The Morgan fingerprint density at radius 3 is 2.28 bits per heavy atom. The molecule has 2 aliphatic heterocycles. The molecule has 1 spiro atoms. The second-order valence-corrected chi connectivity index (χ2v) is 9.50. The van der Waals surface area contributed by atoms with Crippen LogP contribution in [0.25, 0.3) is 0 Å². The molecule has 4 fully saturated rings. The Kier molecular flexibility index (Phi) is 6.04. The van der Waals surface area contributed by atoms with E-state index in [1.54, 1.807) is 0 Å². The first-order valence-corrected chi connectivity index (χ1v) is 11.3. The highest BCUT2D eigenvalue weighted by Gasteiger charge is 2.54. The van der Waals surface area contributed by atoms with Crippen LogP contribution >= 0.6 is 12.4 Å². The number of carbonyl (C=O) groups excluding carboxylic acids is 2. The fraction of sp³-hybridized carbons (Fsp3) is 0.667. The van der Waals surface area contributed by atoms with Gasteiger partial charge in [0.2, 0.25) is 5.91 Å². The minimum absolute atomic E-state index is 0. The van der Waals surface area contributed by atoms with Crippen molar-refractivity contribution in [1.29, 1.82) is 0 Å². The van der Waals surface area contributed by atoms with Crippen molar-refractivity contribution in [2.75, 3.05) is 18.0 Å². The highest BCUT2D eigenvalue weighted by Crippen LogP contribution is 2.44. The van der Waals surface area contributed by atoms with Crippen LogP contribution in [0.1, 0.15) is 64.2 Å². The average Bonchev–Trinajstić information content (AvgIpc) is 2.98. The summed E-state index contributed by atoms with van der Waals surface area (Å²) in [6.45, 7) is 1.90. The van der Waals surface area contributed by atoms with Gasteiger partial charge in [-0.3, -0.25) is 14.5 Å². The first-order valence-electron chi connectivity index (χ1n) is 11.3. The molecule has 3 atom stereocenters. The van der Waals surface area contributed by atoms with Gasteiger partial charge in [-0.05, 0) is 56.1 Å². The van der Waals surface area contributed by atoms with Crippen LogP contribution in [0, 0.1) is 11.8 Å². The molecule has 0 aromatic heterocycles. The van der Waals surface area contributed by atoms with Crippen molar-refractivity contribution >= 4 is 29.8 Å². The maximum absolute atomic E-state index is 12.9. The van der Waals surface area contributed by atoms with Crippen LogP contribution in [0.2, 0.25) is 0 Å². The fourth-order valence-corrected chi connectivity index (χ4v) is 6.65. The summed E-state index contributed by atoms with van der Waals surface area (Å²) in [6, 6.07) is 10.5. The number of halogens is 1. The Labute approximate surface area is 180 Å². The molecular formula is C24H33ClN2O2. The summed E-state index contributed by atoms with van der Waals surface area (Å²) in [5.41, 5.74) is 0.284. The smallest absolute Gasteiger partial charge is 0.235 e. The summed E-state index contributed by atoms with van der Waals surface area (Å²) in [6.07, 6.45) is 11.4. The van der Waals surface area contributed by atoms with E-state index in [0.29, 0.717) is 6.04 Å². The quantitative estimate of drug-likeness (QED) is 0.661. The lowest BCUT2D eigenvalue weighted by Crippen LogP contribution is -2.58. The number of ketones is 1. The van der Waals surface area contributed by atoms with E-state index in [-0.39, 0.29) is 30.5 Å². The highest BCUT2D eigenvalue weighted by molar-refractivity contribution is 6.19. The van der Waals surface area contributed by atoms with Gasteiger partial charge in [-0.2, -0.15) is 0 Å². The number of fused-ring (bicyclic) bond motifs is 1. The second kappa shape index (κ2) is 8.39. The predicted octanol–water partition coefficient (Wildman–Crippen LogP) is 4.61.